The largest absolute Gasteiger partial charge is 0.481 e. The van der Waals surface area contributed by atoms with Gasteiger partial charge < -0.3 is 14.1 Å². The first-order valence-corrected chi connectivity index (χ1v) is 8.81. The molecule has 1 aromatic carbocycles. The minimum Gasteiger partial charge on any atom is -0.481 e. The third kappa shape index (κ3) is 3.70. The Labute approximate surface area is 147 Å². The van der Waals surface area contributed by atoms with Gasteiger partial charge in [0.25, 0.3) is 5.91 Å². The molecule has 1 unspecified atom stereocenters. The SMILES string of the molecule is CCc1cc(=O)oc2cc(OC(C)C(=O)N3CCC(C)(C)C3)ccc12. The number of nitrogens with zero attached hydrogens (tertiary/aromatic N) is 1. The number of aryl methyl sites for hydroxylation is 1. The highest BCUT2D eigenvalue weighted by Crippen LogP contribution is 2.30. The average Bonchev–Trinajstić information content (AvgIpc) is 2.92. The maximum Gasteiger partial charge on any atom is 0.336 e. The van der Waals surface area contributed by atoms with Crippen LogP contribution in [-0.2, 0) is 11.2 Å². The van der Waals surface area contributed by atoms with Crippen LogP contribution in [0.4, 0.5) is 0 Å². The van der Waals surface area contributed by atoms with E-state index in [0.29, 0.717) is 11.3 Å². The summed E-state index contributed by atoms with van der Waals surface area (Å²) in [5, 5.41) is 0.898. The number of fused-ring (bicyclic) bond motifs is 1. The van der Waals surface area contributed by atoms with Crippen LogP contribution in [0, 0.1) is 5.41 Å². The molecule has 0 spiro atoms. The Hall–Kier alpha value is -2.30. The second-order valence-electron chi connectivity index (χ2n) is 7.54. The van der Waals surface area contributed by atoms with Gasteiger partial charge in [0, 0.05) is 30.6 Å². The Morgan fingerprint density at radius 1 is 1.36 bits per heavy atom. The fourth-order valence-corrected chi connectivity index (χ4v) is 3.39. The number of benzene rings is 1. The molecular weight excluding hydrogens is 318 g/mol. The topological polar surface area (TPSA) is 59.8 Å². The zero-order valence-electron chi connectivity index (χ0n) is 15.3. The van der Waals surface area contributed by atoms with Gasteiger partial charge in [0.05, 0.1) is 0 Å². The second kappa shape index (κ2) is 6.54. The molecule has 1 fully saturated rings. The lowest BCUT2D eigenvalue weighted by molar-refractivity contribution is -0.137. The molecule has 134 valence electrons. The van der Waals surface area contributed by atoms with Crippen molar-refractivity contribution in [2.24, 2.45) is 5.41 Å². The Morgan fingerprint density at radius 3 is 2.76 bits per heavy atom. The van der Waals surface area contributed by atoms with Crippen LogP contribution in [0.2, 0.25) is 0 Å². The van der Waals surface area contributed by atoms with Crippen molar-refractivity contribution in [2.45, 2.75) is 46.6 Å². The van der Waals surface area contributed by atoms with Crippen molar-refractivity contribution < 1.29 is 13.9 Å². The van der Waals surface area contributed by atoms with Crippen molar-refractivity contribution in [3.8, 4) is 5.75 Å². The number of amides is 1. The number of hydrogen-bond acceptors (Lipinski definition) is 4. The standard InChI is InChI=1S/C20H25NO4/c1-5-14-10-18(22)25-17-11-15(6-7-16(14)17)24-13(2)19(23)21-9-8-20(3,4)12-21/h6-7,10-11,13H,5,8-9,12H2,1-4H3. The smallest absolute Gasteiger partial charge is 0.336 e. The molecule has 0 N–H and O–H groups in total. The summed E-state index contributed by atoms with van der Waals surface area (Å²) in [7, 11) is 0. The van der Waals surface area contributed by atoms with Crippen LogP contribution in [0.5, 0.6) is 5.75 Å². The zero-order valence-corrected chi connectivity index (χ0v) is 15.3. The van der Waals surface area contributed by atoms with E-state index in [2.05, 4.69) is 13.8 Å². The average molecular weight is 343 g/mol. The van der Waals surface area contributed by atoms with Crippen LogP contribution in [0.15, 0.2) is 33.5 Å². The predicted octanol–water partition coefficient (Wildman–Crippen LogP) is 3.38. The van der Waals surface area contributed by atoms with Gasteiger partial charge in [0.1, 0.15) is 11.3 Å². The first-order valence-electron chi connectivity index (χ1n) is 8.81. The van der Waals surface area contributed by atoms with Gasteiger partial charge in [-0.3, -0.25) is 4.79 Å². The monoisotopic (exact) mass is 343 g/mol. The fourth-order valence-electron chi connectivity index (χ4n) is 3.39. The Bertz CT molecular complexity index is 852. The lowest BCUT2D eigenvalue weighted by atomic mass is 9.93. The number of ether oxygens (including phenoxy) is 1. The summed E-state index contributed by atoms with van der Waals surface area (Å²) in [4.78, 5) is 26.1. The molecule has 1 saturated heterocycles. The molecule has 1 aliphatic heterocycles. The molecule has 1 aliphatic rings. The highest BCUT2D eigenvalue weighted by Gasteiger charge is 2.34. The molecule has 3 rings (SSSR count). The van der Waals surface area contributed by atoms with Gasteiger partial charge in [-0.15, -0.1) is 0 Å². The van der Waals surface area contributed by atoms with Gasteiger partial charge in [0.15, 0.2) is 6.10 Å². The summed E-state index contributed by atoms with van der Waals surface area (Å²) in [6.45, 7) is 9.62. The van der Waals surface area contributed by atoms with Crippen molar-refractivity contribution in [3.05, 3.63) is 40.2 Å². The Kier molecular flexibility index (Phi) is 4.58. The van der Waals surface area contributed by atoms with Crippen molar-refractivity contribution in [1.29, 1.82) is 0 Å². The number of rotatable bonds is 4. The summed E-state index contributed by atoms with van der Waals surface area (Å²) >= 11 is 0. The van der Waals surface area contributed by atoms with Crippen molar-refractivity contribution in [3.63, 3.8) is 0 Å². The molecule has 25 heavy (non-hydrogen) atoms. The molecule has 5 nitrogen and oxygen atoms in total. The van der Waals surface area contributed by atoms with E-state index in [0.717, 1.165) is 36.9 Å². The summed E-state index contributed by atoms with van der Waals surface area (Å²) in [5.74, 6) is 0.526. The number of carbonyl (C=O) groups excluding carboxylic acids is 1. The quantitative estimate of drug-likeness (QED) is 0.799. The number of carbonyl (C=O) groups is 1. The van der Waals surface area contributed by atoms with Gasteiger partial charge in [-0.1, -0.05) is 20.8 Å². The molecule has 1 aromatic heterocycles. The molecule has 5 heteroatoms. The van der Waals surface area contributed by atoms with Gasteiger partial charge in [-0.05, 0) is 42.9 Å². The van der Waals surface area contributed by atoms with Crippen LogP contribution in [0.1, 0.15) is 39.7 Å². The second-order valence-corrected chi connectivity index (χ2v) is 7.54. The molecule has 0 bridgehead atoms. The van der Waals surface area contributed by atoms with E-state index in [4.69, 9.17) is 9.15 Å². The first kappa shape index (κ1) is 17.5. The van der Waals surface area contributed by atoms with Crippen LogP contribution in [0.3, 0.4) is 0 Å². The van der Waals surface area contributed by atoms with Crippen molar-refractivity contribution in [2.75, 3.05) is 13.1 Å². The number of likely N-dealkylation sites (tertiary alicyclic amines) is 1. The summed E-state index contributed by atoms with van der Waals surface area (Å²) in [6.07, 6.45) is 1.18. The van der Waals surface area contributed by atoms with Crippen LogP contribution in [-0.4, -0.2) is 30.0 Å². The molecular formula is C20H25NO4. The molecule has 0 aliphatic carbocycles. The molecule has 0 saturated carbocycles. The van der Waals surface area contributed by atoms with E-state index < -0.39 is 6.10 Å². The Morgan fingerprint density at radius 2 is 2.12 bits per heavy atom. The van der Waals surface area contributed by atoms with E-state index in [1.165, 1.54) is 6.07 Å². The third-order valence-corrected chi connectivity index (χ3v) is 4.83. The minimum absolute atomic E-state index is 0.00515. The van der Waals surface area contributed by atoms with Gasteiger partial charge >= 0.3 is 5.63 Å². The zero-order chi connectivity index (χ0) is 18.2. The summed E-state index contributed by atoms with van der Waals surface area (Å²) < 4.78 is 11.1. The van der Waals surface area contributed by atoms with E-state index in [1.807, 2.05) is 24.0 Å². The van der Waals surface area contributed by atoms with E-state index in [1.54, 1.807) is 13.0 Å². The van der Waals surface area contributed by atoms with E-state index in [-0.39, 0.29) is 16.9 Å². The molecule has 1 atom stereocenters. The van der Waals surface area contributed by atoms with Gasteiger partial charge in [0.2, 0.25) is 0 Å². The maximum atomic E-state index is 12.6. The van der Waals surface area contributed by atoms with Crippen molar-refractivity contribution in [1.82, 2.24) is 4.90 Å². The number of hydrogen-bond donors (Lipinski definition) is 0. The Balaban J connectivity index is 1.78. The van der Waals surface area contributed by atoms with Crippen LogP contribution in [0.25, 0.3) is 11.0 Å². The molecule has 2 heterocycles. The highest BCUT2D eigenvalue weighted by atomic mass is 16.5. The highest BCUT2D eigenvalue weighted by molar-refractivity contribution is 5.83. The van der Waals surface area contributed by atoms with Crippen LogP contribution < -0.4 is 10.4 Å². The normalized spacial score (nSPS) is 17.7. The fraction of sp³-hybridized carbons (Fsp3) is 0.500. The van der Waals surface area contributed by atoms with E-state index in [9.17, 15) is 9.59 Å². The maximum absolute atomic E-state index is 12.6. The lowest BCUT2D eigenvalue weighted by Crippen LogP contribution is -2.39. The summed E-state index contributed by atoms with van der Waals surface area (Å²) in [5.41, 5.74) is 1.23. The van der Waals surface area contributed by atoms with Gasteiger partial charge in [-0.25, -0.2) is 4.79 Å². The molecule has 0 radical (unpaired) electrons. The summed E-state index contributed by atoms with van der Waals surface area (Å²) in [6, 6.07) is 6.90. The minimum atomic E-state index is -0.576. The predicted molar refractivity (Wildman–Crippen MR) is 96.9 cm³/mol. The van der Waals surface area contributed by atoms with Crippen molar-refractivity contribution >= 4 is 16.9 Å². The lowest BCUT2D eigenvalue weighted by Gasteiger charge is -2.23. The molecule has 2 aromatic rings. The van der Waals surface area contributed by atoms with Gasteiger partial charge in [-0.2, -0.15) is 0 Å². The molecule has 1 amide bonds. The van der Waals surface area contributed by atoms with Crippen LogP contribution >= 0.6 is 0 Å². The third-order valence-electron chi connectivity index (χ3n) is 4.83. The first-order chi connectivity index (χ1) is 11.8. The van der Waals surface area contributed by atoms with E-state index >= 15 is 0 Å².